The summed E-state index contributed by atoms with van der Waals surface area (Å²) in [7, 11) is 2.54. The number of carbonyl (C=O) groups excluding carboxylic acids is 6. The number of amides is 7. The van der Waals surface area contributed by atoms with E-state index >= 15 is 0 Å². The van der Waals surface area contributed by atoms with Crippen LogP contribution in [0.4, 0.5) is 20.1 Å². The first-order valence-corrected chi connectivity index (χ1v) is 18.5. The van der Waals surface area contributed by atoms with Gasteiger partial charge in [0, 0.05) is 31.7 Å². The van der Waals surface area contributed by atoms with E-state index in [4.69, 9.17) is 4.74 Å². The first-order valence-electron chi connectivity index (χ1n) is 18.5. The van der Waals surface area contributed by atoms with Gasteiger partial charge < -0.3 is 40.2 Å². The predicted molar refractivity (Wildman–Crippen MR) is 203 cm³/mol. The number of benzene rings is 2. The number of nitrogens with zero attached hydrogens (tertiary/aromatic N) is 3. The Labute approximate surface area is 320 Å². The number of likely N-dealkylation sites (tertiary alicyclic amines) is 2. The number of aromatic nitrogens is 2. The molecule has 1 unspecified atom stereocenters. The lowest BCUT2D eigenvalue weighted by atomic mass is 10.0. The van der Waals surface area contributed by atoms with Crippen molar-refractivity contribution >= 4 is 41.6 Å². The molecule has 0 spiro atoms. The van der Waals surface area contributed by atoms with E-state index in [2.05, 4.69) is 36.0 Å². The van der Waals surface area contributed by atoms with E-state index in [0.717, 1.165) is 35.2 Å². The van der Waals surface area contributed by atoms with E-state index in [1.165, 1.54) is 19.1 Å². The van der Waals surface area contributed by atoms with Gasteiger partial charge in [0.2, 0.25) is 11.8 Å². The van der Waals surface area contributed by atoms with E-state index in [-0.39, 0.29) is 42.7 Å². The third-order valence-corrected chi connectivity index (χ3v) is 9.93. The fourth-order valence-corrected chi connectivity index (χ4v) is 6.95. The summed E-state index contributed by atoms with van der Waals surface area (Å²) in [4.78, 5) is 86.7. The molecule has 3 heterocycles. The van der Waals surface area contributed by atoms with Gasteiger partial charge in [-0.05, 0) is 66.3 Å². The topological polar surface area (TPSA) is 204 Å². The van der Waals surface area contributed by atoms with E-state index in [9.17, 15) is 28.8 Å². The minimum atomic E-state index is -0.751. The van der Waals surface area contributed by atoms with Gasteiger partial charge in [0.05, 0.1) is 32.2 Å². The van der Waals surface area contributed by atoms with E-state index < -0.39 is 36.2 Å². The lowest BCUT2D eigenvalue weighted by Crippen LogP contribution is -2.51. The Hall–Kier alpha value is -5.93. The third kappa shape index (κ3) is 10.2. The van der Waals surface area contributed by atoms with Gasteiger partial charge in [-0.25, -0.2) is 19.4 Å². The number of alkyl carbamates (subject to hydrolysis) is 2. The van der Waals surface area contributed by atoms with Crippen LogP contribution in [0, 0.1) is 11.8 Å². The maximum atomic E-state index is 13.5. The minimum absolute atomic E-state index is 0.125. The maximum Gasteiger partial charge on any atom is 0.407 e. The summed E-state index contributed by atoms with van der Waals surface area (Å²) < 4.78 is 9.29. The molecule has 7 amide bonds. The Morgan fingerprint density at radius 1 is 0.836 bits per heavy atom. The number of nitrogens with one attached hydrogen (secondary N) is 5. The number of imide groups is 1. The second kappa shape index (κ2) is 18.4. The average Bonchev–Trinajstić information content (AvgIpc) is 3.97. The molecule has 5 N–H and O–H groups in total. The van der Waals surface area contributed by atoms with E-state index in [1.54, 1.807) is 23.2 Å². The summed E-state index contributed by atoms with van der Waals surface area (Å²) in [6, 6.07) is 12.7. The summed E-state index contributed by atoms with van der Waals surface area (Å²) in [6.07, 6.45) is 3.34. The van der Waals surface area contributed by atoms with Crippen LogP contribution < -0.4 is 21.3 Å². The van der Waals surface area contributed by atoms with Crippen LogP contribution in [0.1, 0.15) is 64.7 Å². The highest BCUT2D eigenvalue weighted by Crippen LogP contribution is 2.33. The second-order valence-corrected chi connectivity index (χ2v) is 14.3. The Morgan fingerprint density at radius 2 is 1.45 bits per heavy atom. The highest BCUT2D eigenvalue weighted by atomic mass is 16.5. The van der Waals surface area contributed by atoms with Crippen molar-refractivity contribution in [2.75, 3.05) is 39.2 Å². The molecule has 2 saturated heterocycles. The Bertz CT molecular complexity index is 1840. The van der Waals surface area contributed by atoms with Crippen LogP contribution in [-0.4, -0.2) is 102 Å². The van der Waals surface area contributed by atoms with Crippen molar-refractivity contribution in [3.05, 3.63) is 60.6 Å². The molecule has 0 saturated carbocycles. The normalized spacial score (nSPS) is 17.6. The number of hydrogen-bond acceptors (Lipinski definition) is 9. The molecule has 16 heteroatoms. The lowest BCUT2D eigenvalue weighted by molar-refractivity contribution is -0.138. The van der Waals surface area contributed by atoms with Gasteiger partial charge >= 0.3 is 18.2 Å². The standard InChI is InChI=1S/C39H50N8O8/c1-23(2)33(44-39(53)55-5)36(50)47-19-6-8-30(47)34-40-22-29(43-34)27-12-10-25(11-13-27)26-14-16-28(17-15-26)42-37(51)45-35(49)31-9-7-18-46(31)32(48)20-24(3)21-41-38(52)54-4/h10-17,22-24,30-31,33H,6-9,18-21H2,1-5H3,(H,40,43)(H,41,52)(H,44,53)(H2,42,45,49,51)/t24-,30?,31-,33-/m0/s1. The molecule has 1 aromatic heterocycles. The van der Waals surface area contributed by atoms with Crippen LogP contribution in [0.2, 0.25) is 0 Å². The molecule has 0 aliphatic carbocycles. The van der Waals surface area contributed by atoms with Gasteiger partial charge in [0.1, 0.15) is 17.9 Å². The molecule has 3 aromatic rings. The maximum absolute atomic E-state index is 13.5. The Kier molecular flexibility index (Phi) is 13.5. The Morgan fingerprint density at radius 3 is 2.11 bits per heavy atom. The van der Waals surface area contributed by atoms with Crippen molar-refractivity contribution in [2.24, 2.45) is 11.8 Å². The van der Waals surface area contributed by atoms with Crippen LogP contribution in [0.15, 0.2) is 54.7 Å². The molecular formula is C39H50N8O8. The number of imidazole rings is 1. The largest absolute Gasteiger partial charge is 0.453 e. The predicted octanol–water partition coefficient (Wildman–Crippen LogP) is 4.81. The van der Waals surface area contributed by atoms with Crippen molar-refractivity contribution in [2.45, 2.75) is 71.0 Å². The Balaban J connectivity index is 1.14. The summed E-state index contributed by atoms with van der Waals surface area (Å²) in [5.74, 6) is -0.538. The molecule has 0 radical (unpaired) electrons. The van der Waals surface area contributed by atoms with Crippen molar-refractivity contribution < 1.29 is 38.2 Å². The summed E-state index contributed by atoms with van der Waals surface area (Å²) in [5, 5.41) is 10.3. The number of carbonyl (C=O) groups is 6. The fourth-order valence-electron chi connectivity index (χ4n) is 6.95. The summed E-state index contributed by atoms with van der Waals surface area (Å²) >= 11 is 0. The monoisotopic (exact) mass is 758 g/mol. The van der Waals surface area contributed by atoms with Gasteiger partial charge in [-0.2, -0.15) is 0 Å². The zero-order valence-electron chi connectivity index (χ0n) is 31.8. The van der Waals surface area contributed by atoms with Crippen LogP contribution in [0.25, 0.3) is 22.4 Å². The van der Waals surface area contributed by atoms with Gasteiger partial charge in [0.15, 0.2) is 0 Å². The van der Waals surface area contributed by atoms with Crippen LogP contribution in [0.3, 0.4) is 0 Å². The number of hydrogen-bond donors (Lipinski definition) is 5. The number of ether oxygens (including phenoxy) is 2. The molecule has 16 nitrogen and oxygen atoms in total. The van der Waals surface area contributed by atoms with Crippen molar-refractivity contribution in [1.29, 1.82) is 0 Å². The van der Waals surface area contributed by atoms with Crippen LogP contribution >= 0.6 is 0 Å². The number of urea groups is 1. The van der Waals surface area contributed by atoms with Gasteiger partial charge in [-0.1, -0.05) is 57.2 Å². The summed E-state index contributed by atoms with van der Waals surface area (Å²) in [6.45, 7) is 6.82. The molecule has 5 rings (SSSR count). The fraction of sp³-hybridized carbons (Fsp3) is 0.462. The minimum Gasteiger partial charge on any atom is -0.453 e. The van der Waals surface area contributed by atoms with Gasteiger partial charge in [0.25, 0.3) is 5.91 Å². The zero-order valence-corrected chi connectivity index (χ0v) is 31.8. The second-order valence-electron chi connectivity index (χ2n) is 14.3. The molecule has 4 atom stereocenters. The molecule has 2 aromatic carbocycles. The number of anilines is 1. The molecule has 294 valence electrons. The first kappa shape index (κ1) is 40.3. The van der Waals surface area contributed by atoms with Gasteiger partial charge in [-0.3, -0.25) is 19.7 Å². The molecule has 2 fully saturated rings. The third-order valence-electron chi connectivity index (χ3n) is 9.93. The van der Waals surface area contributed by atoms with E-state index in [0.29, 0.717) is 37.4 Å². The SMILES string of the molecule is COC(=O)NC[C@@H](C)CC(=O)N1CCC[C@H]1C(=O)NC(=O)Nc1ccc(-c2ccc(-c3cnc(C4CCCN4C(=O)[C@@H](NC(=O)OC)C(C)C)[nH]3)cc2)cc1. The highest BCUT2D eigenvalue weighted by Gasteiger charge is 2.38. The zero-order chi connectivity index (χ0) is 39.6. The molecule has 2 aliphatic heterocycles. The number of methoxy groups -OCH3 is 2. The van der Waals surface area contributed by atoms with Crippen molar-refractivity contribution in [3.8, 4) is 22.4 Å². The highest BCUT2D eigenvalue weighted by molar-refractivity contribution is 6.04. The van der Waals surface area contributed by atoms with E-state index in [1.807, 2.05) is 57.2 Å². The molecule has 55 heavy (non-hydrogen) atoms. The first-order chi connectivity index (χ1) is 26.4. The number of H-pyrrole nitrogens is 1. The van der Waals surface area contributed by atoms with Gasteiger partial charge in [-0.15, -0.1) is 0 Å². The summed E-state index contributed by atoms with van der Waals surface area (Å²) in [5.41, 5.74) is 4.07. The molecule has 0 bridgehead atoms. The van der Waals surface area contributed by atoms with Crippen molar-refractivity contribution in [3.63, 3.8) is 0 Å². The van der Waals surface area contributed by atoms with Crippen LogP contribution in [-0.2, 0) is 23.9 Å². The molecular weight excluding hydrogens is 708 g/mol. The number of rotatable bonds is 12. The van der Waals surface area contributed by atoms with Crippen LogP contribution in [0.5, 0.6) is 0 Å². The quantitative estimate of drug-likeness (QED) is 0.172. The van der Waals surface area contributed by atoms with Crippen molar-refractivity contribution in [1.82, 2.24) is 35.7 Å². The molecule has 2 aliphatic rings. The lowest BCUT2D eigenvalue weighted by Gasteiger charge is -2.30. The average molecular weight is 759 g/mol. The smallest absolute Gasteiger partial charge is 0.407 e. The number of aromatic amines is 1.